The zero-order valence-corrected chi connectivity index (χ0v) is 25.9. The summed E-state index contributed by atoms with van der Waals surface area (Å²) in [4.78, 5) is 11.4. The number of allylic oxidation sites excluding steroid dienone is 1. The van der Waals surface area contributed by atoms with Crippen LogP contribution in [0.3, 0.4) is 0 Å². The number of carbonyl (C=O) groups excluding carboxylic acids is 1. The van der Waals surface area contributed by atoms with Gasteiger partial charge in [0.1, 0.15) is 0 Å². The summed E-state index contributed by atoms with van der Waals surface area (Å²) in [6, 6.07) is 0. The summed E-state index contributed by atoms with van der Waals surface area (Å²) in [5.41, 5.74) is 6.01. The first kappa shape index (κ1) is 30.1. The second-order valence-electron chi connectivity index (χ2n) is 15.3. The molecule has 38 heavy (non-hydrogen) atoms. The Morgan fingerprint density at radius 3 is 2.08 bits per heavy atom. The predicted molar refractivity (Wildman–Crippen MR) is 162 cm³/mol. The Balaban J connectivity index is 0.000000515. The molecule has 0 aromatic carbocycles. The summed E-state index contributed by atoms with van der Waals surface area (Å²) in [5, 5.41) is 0. The molecule has 5 aliphatic carbocycles. The molecule has 0 bridgehead atoms. The van der Waals surface area contributed by atoms with Gasteiger partial charge in [-0.3, -0.25) is 4.79 Å². The first-order valence-electron chi connectivity index (χ1n) is 16.6. The van der Waals surface area contributed by atoms with E-state index in [1.54, 1.807) is 63.9 Å². The normalized spacial score (nSPS) is 44.1. The highest BCUT2D eigenvalue weighted by molar-refractivity contribution is 5.42. The van der Waals surface area contributed by atoms with E-state index < -0.39 is 0 Å². The van der Waals surface area contributed by atoms with Crippen LogP contribution in [0.1, 0.15) is 125 Å². The van der Waals surface area contributed by atoms with Gasteiger partial charge in [0.05, 0.1) is 0 Å². The average Bonchev–Trinajstić information content (AvgIpc) is 3.55. The Morgan fingerprint density at radius 2 is 1.42 bits per heavy atom. The highest BCUT2D eigenvalue weighted by Gasteiger charge is 2.62. The van der Waals surface area contributed by atoms with Crippen LogP contribution in [0.5, 0.6) is 0 Å². The molecule has 6 rings (SSSR count). The number of rotatable bonds is 3. The molecule has 218 valence electrons. The van der Waals surface area contributed by atoms with Crippen molar-refractivity contribution in [2.45, 2.75) is 125 Å². The zero-order chi connectivity index (χ0) is 27.6. The fraction of sp³-hybridized carbons (Fsp3) is 0.914. The van der Waals surface area contributed by atoms with Crippen LogP contribution in [0.2, 0.25) is 0 Å². The molecule has 5 saturated carbocycles. The Kier molecular flexibility index (Phi) is 9.80. The topological polar surface area (TPSA) is 46.3 Å². The van der Waals surface area contributed by atoms with Crippen LogP contribution in [-0.4, -0.2) is 30.9 Å². The second kappa shape index (κ2) is 12.4. The molecule has 1 amide bonds. The first-order chi connectivity index (χ1) is 18.2. The Morgan fingerprint density at radius 1 is 0.842 bits per heavy atom. The van der Waals surface area contributed by atoms with Crippen molar-refractivity contribution in [2.75, 3.05) is 19.6 Å². The molecule has 3 nitrogen and oxygen atoms in total. The van der Waals surface area contributed by atoms with Crippen LogP contribution in [0.15, 0.2) is 12.7 Å². The number of nitrogens with zero attached hydrogens (tertiary/aromatic N) is 1. The molecule has 6 fully saturated rings. The summed E-state index contributed by atoms with van der Waals surface area (Å²) in [7, 11) is 0. The number of fused-ring (bicyclic) bond motifs is 7. The van der Waals surface area contributed by atoms with E-state index in [0.717, 1.165) is 41.4 Å². The van der Waals surface area contributed by atoms with Gasteiger partial charge >= 0.3 is 0 Å². The van der Waals surface area contributed by atoms with E-state index in [1.165, 1.54) is 51.7 Å². The van der Waals surface area contributed by atoms with Gasteiger partial charge in [-0.25, -0.2) is 0 Å². The van der Waals surface area contributed by atoms with Gasteiger partial charge in [0.15, 0.2) is 0 Å². The molecule has 0 aromatic rings. The average molecular weight is 527 g/mol. The number of carbonyl (C=O) groups is 1. The van der Waals surface area contributed by atoms with E-state index in [1.807, 2.05) is 6.92 Å². The molecule has 6 aliphatic rings. The molecule has 1 saturated heterocycles. The SMILES string of the molecule is C=CC.CC1CCCC2(C)C1CCC1C3CCC4(C(C)(C)CN5CCCC5)CCCC4C3CCC12.NC=O. The van der Waals surface area contributed by atoms with E-state index in [4.69, 9.17) is 4.79 Å². The number of hydrogen-bond acceptors (Lipinski definition) is 2. The van der Waals surface area contributed by atoms with Crippen molar-refractivity contribution in [3.63, 3.8) is 0 Å². The largest absolute Gasteiger partial charge is 0.372 e. The standard InChI is InChI=1S/C31H53N.C3H6.CH3NO/c1-22-9-7-16-30(4)26(22)13-11-24-23-15-18-31(29(2,3)21-32-19-5-6-20-32)17-8-10-28(31)25(23)12-14-27(24)30;1-3-2;2-1-3/h22-28H,5-21H2,1-4H3;3H,1H2,2H3;1H,(H2,2,3). The van der Waals surface area contributed by atoms with Crippen molar-refractivity contribution in [2.24, 2.45) is 63.4 Å². The fourth-order valence-corrected chi connectivity index (χ4v) is 12.2. The molecular weight excluding hydrogens is 464 g/mol. The molecule has 9 atom stereocenters. The van der Waals surface area contributed by atoms with Gasteiger partial charge in [-0.1, -0.05) is 53.0 Å². The van der Waals surface area contributed by atoms with Crippen molar-refractivity contribution in [3.8, 4) is 0 Å². The zero-order valence-electron chi connectivity index (χ0n) is 25.9. The van der Waals surface area contributed by atoms with E-state index in [9.17, 15) is 0 Å². The maximum Gasteiger partial charge on any atom is 0.204 e. The summed E-state index contributed by atoms with van der Waals surface area (Å²) in [6.45, 7) is 20.1. The molecule has 0 spiro atoms. The minimum atomic E-state index is 0.250. The van der Waals surface area contributed by atoms with E-state index in [2.05, 4.69) is 44.9 Å². The van der Waals surface area contributed by atoms with E-state index in [-0.39, 0.29) is 6.41 Å². The van der Waals surface area contributed by atoms with Crippen molar-refractivity contribution in [1.29, 1.82) is 0 Å². The molecule has 3 heteroatoms. The second-order valence-corrected chi connectivity index (χ2v) is 15.3. The quantitative estimate of drug-likeness (QED) is 0.296. The van der Waals surface area contributed by atoms with Crippen LogP contribution < -0.4 is 5.73 Å². The minimum absolute atomic E-state index is 0.250. The summed E-state index contributed by atoms with van der Waals surface area (Å²) >= 11 is 0. The van der Waals surface area contributed by atoms with Crippen molar-refractivity contribution >= 4 is 6.41 Å². The molecular formula is C35H62N2O. The van der Waals surface area contributed by atoms with Crippen LogP contribution in [0.4, 0.5) is 0 Å². The lowest BCUT2D eigenvalue weighted by molar-refractivity contribution is -0.154. The minimum Gasteiger partial charge on any atom is -0.372 e. The smallest absolute Gasteiger partial charge is 0.204 e. The number of hydrogen-bond donors (Lipinski definition) is 1. The Labute approximate surface area is 236 Å². The van der Waals surface area contributed by atoms with Crippen molar-refractivity contribution < 1.29 is 4.79 Å². The summed E-state index contributed by atoms with van der Waals surface area (Å²) in [6.07, 6.45) is 23.6. The van der Waals surface area contributed by atoms with Gasteiger partial charge in [-0.2, -0.15) is 0 Å². The number of likely N-dealkylation sites (tertiary alicyclic amines) is 1. The summed E-state index contributed by atoms with van der Waals surface area (Å²) in [5.74, 6) is 7.40. The van der Waals surface area contributed by atoms with Gasteiger partial charge in [0, 0.05) is 6.54 Å². The lowest BCUT2D eigenvalue weighted by Crippen LogP contribution is -2.58. The lowest BCUT2D eigenvalue weighted by Gasteiger charge is -2.64. The third-order valence-electron chi connectivity index (χ3n) is 13.4. The van der Waals surface area contributed by atoms with Gasteiger partial charge in [-0.15, -0.1) is 6.58 Å². The highest BCUT2D eigenvalue weighted by atomic mass is 16.1. The molecule has 1 heterocycles. The maximum absolute atomic E-state index is 8.58. The first-order valence-corrected chi connectivity index (χ1v) is 16.6. The van der Waals surface area contributed by atoms with E-state index in [0.29, 0.717) is 16.2 Å². The maximum atomic E-state index is 8.58. The molecule has 2 N–H and O–H groups in total. The number of nitrogens with two attached hydrogens (primary N) is 1. The predicted octanol–water partition coefficient (Wildman–Crippen LogP) is 8.48. The van der Waals surface area contributed by atoms with Gasteiger partial charge in [0.25, 0.3) is 0 Å². The molecule has 0 radical (unpaired) electrons. The third kappa shape index (κ3) is 5.28. The van der Waals surface area contributed by atoms with Crippen LogP contribution in [0.25, 0.3) is 0 Å². The Bertz CT molecular complexity index is 781. The van der Waals surface area contributed by atoms with Crippen LogP contribution >= 0.6 is 0 Å². The van der Waals surface area contributed by atoms with E-state index >= 15 is 0 Å². The monoisotopic (exact) mass is 526 g/mol. The fourth-order valence-electron chi connectivity index (χ4n) is 12.2. The number of amides is 1. The van der Waals surface area contributed by atoms with Gasteiger partial charge < -0.3 is 10.6 Å². The third-order valence-corrected chi connectivity index (χ3v) is 13.4. The van der Waals surface area contributed by atoms with Crippen LogP contribution in [-0.2, 0) is 4.79 Å². The van der Waals surface area contributed by atoms with Crippen molar-refractivity contribution in [3.05, 3.63) is 12.7 Å². The highest BCUT2D eigenvalue weighted by Crippen LogP contribution is 2.70. The van der Waals surface area contributed by atoms with Gasteiger partial charge in [-0.05, 0) is 148 Å². The van der Waals surface area contributed by atoms with Crippen LogP contribution in [0, 0.1) is 57.7 Å². The molecule has 1 aliphatic heterocycles. The lowest BCUT2D eigenvalue weighted by atomic mass is 9.41. The molecule has 9 unspecified atom stereocenters. The molecule has 0 aromatic heterocycles. The van der Waals surface area contributed by atoms with Crippen molar-refractivity contribution in [1.82, 2.24) is 4.90 Å². The summed E-state index contributed by atoms with van der Waals surface area (Å²) < 4.78 is 0. The number of primary amides is 1. The Hall–Kier alpha value is -0.830. The van der Waals surface area contributed by atoms with Gasteiger partial charge in [0.2, 0.25) is 6.41 Å².